The Morgan fingerprint density at radius 1 is 1.12 bits per heavy atom. The van der Waals surface area contributed by atoms with Crippen LogP contribution in [0.4, 0.5) is 22.1 Å². The van der Waals surface area contributed by atoms with Gasteiger partial charge in [-0.25, -0.2) is 14.8 Å². The van der Waals surface area contributed by atoms with Crippen molar-refractivity contribution in [1.29, 1.82) is 0 Å². The summed E-state index contributed by atoms with van der Waals surface area (Å²) in [6, 6.07) is 11.7. The molecule has 9 nitrogen and oxygen atoms in total. The monoisotopic (exact) mass is 467 g/mol. The number of thiophene rings is 1. The molecule has 2 fully saturated rings. The SMILES string of the molecule is CN(C)c1ccc(-c2ccnc(N[C@@H]3CO[C@@H]4[C@@H]3OC[C@H]4OC(=O)Nc3ccsc3)n2)cc1. The van der Waals surface area contributed by atoms with E-state index in [0.717, 1.165) is 16.9 Å². The molecule has 1 amide bonds. The van der Waals surface area contributed by atoms with E-state index in [-0.39, 0.29) is 24.9 Å². The molecule has 4 heterocycles. The maximum Gasteiger partial charge on any atom is 0.412 e. The minimum absolute atomic E-state index is 0.144. The van der Waals surface area contributed by atoms with Gasteiger partial charge in [0, 0.05) is 36.9 Å². The van der Waals surface area contributed by atoms with E-state index in [1.54, 1.807) is 6.20 Å². The summed E-state index contributed by atoms with van der Waals surface area (Å²) in [5.41, 5.74) is 3.67. The Balaban J connectivity index is 1.20. The van der Waals surface area contributed by atoms with Gasteiger partial charge in [-0.15, -0.1) is 0 Å². The van der Waals surface area contributed by atoms with Crippen LogP contribution in [0, 0.1) is 0 Å². The summed E-state index contributed by atoms with van der Waals surface area (Å²) in [5.74, 6) is 0.501. The minimum atomic E-state index is -0.515. The highest BCUT2D eigenvalue weighted by Crippen LogP contribution is 2.31. The third-order valence-electron chi connectivity index (χ3n) is 5.68. The van der Waals surface area contributed by atoms with Crippen molar-refractivity contribution in [2.75, 3.05) is 42.8 Å². The van der Waals surface area contributed by atoms with Crippen LogP contribution in [0.5, 0.6) is 0 Å². The van der Waals surface area contributed by atoms with Gasteiger partial charge >= 0.3 is 6.09 Å². The van der Waals surface area contributed by atoms with Crippen molar-refractivity contribution < 1.29 is 19.0 Å². The number of amides is 1. The largest absolute Gasteiger partial charge is 0.441 e. The summed E-state index contributed by atoms with van der Waals surface area (Å²) in [7, 11) is 4.02. The second-order valence-corrected chi connectivity index (χ2v) is 8.91. The molecule has 5 rings (SSSR count). The van der Waals surface area contributed by atoms with Gasteiger partial charge in [0.25, 0.3) is 0 Å². The number of aromatic nitrogens is 2. The Morgan fingerprint density at radius 3 is 2.70 bits per heavy atom. The van der Waals surface area contributed by atoms with Gasteiger partial charge in [0.05, 0.1) is 30.6 Å². The Bertz CT molecular complexity index is 1090. The lowest BCUT2D eigenvalue weighted by atomic mass is 10.1. The van der Waals surface area contributed by atoms with Crippen molar-refractivity contribution in [2.24, 2.45) is 0 Å². The highest BCUT2D eigenvalue weighted by atomic mass is 32.1. The molecule has 2 aromatic heterocycles. The first-order chi connectivity index (χ1) is 16.1. The lowest BCUT2D eigenvalue weighted by molar-refractivity contribution is 0.00917. The zero-order valence-corrected chi connectivity index (χ0v) is 19.1. The van der Waals surface area contributed by atoms with Crippen molar-refractivity contribution in [3.05, 3.63) is 53.4 Å². The van der Waals surface area contributed by atoms with Crippen LogP contribution in [0.3, 0.4) is 0 Å². The van der Waals surface area contributed by atoms with Gasteiger partial charge in [0.1, 0.15) is 12.2 Å². The molecule has 2 aliphatic heterocycles. The fourth-order valence-electron chi connectivity index (χ4n) is 3.99. The molecule has 1 aromatic carbocycles. The zero-order chi connectivity index (χ0) is 22.8. The number of nitrogens with one attached hydrogen (secondary N) is 2. The summed E-state index contributed by atoms with van der Waals surface area (Å²) in [5, 5.41) is 9.76. The van der Waals surface area contributed by atoms with Gasteiger partial charge in [-0.1, -0.05) is 12.1 Å². The number of nitrogens with zero attached hydrogens (tertiary/aromatic N) is 3. The van der Waals surface area contributed by atoms with Crippen LogP contribution >= 0.6 is 11.3 Å². The van der Waals surface area contributed by atoms with E-state index in [1.165, 1.54) is 11.3 Å². The average Bonchev–Trinajstić information content (AvgIpc) is 3.55. The van der Waals surface area contributed by atoms with E-state index in [4.69, 9.17) is 14.2 Å². The van der Waals surface area contributed by atoms with Crippen LogP contribution in [0.15, 0.2) is 53.4 Å². The first-order valence-electron chi connectivity index (χ1n) is 10.7. The van der Waals surface area contributed by atoms with Crippen LogP contribution in [-0.2, 0) is 14.2 Å². The molecule has 4 atom stereocenters. The van der Waals surface area contributed by atoms with Gasteiger partial charge in [0.15, 0.2) is 6.10 Å². The number of hydrogen-bond donors (Lipinski definition) is 2. The number of benzene rings is 1. The van der Waals surface area contributed by atoms with Crippen molar-refractivity contribution >= 4 is 34.8 Å². The van der Waals surface area contributed by atoms with Crippen molar-refractivity contribution in [2.45, 2.75) is 24.4 Å². The van der Waals surface area contributed by atoms with Gasteiger partial charge in [-0.2, -0.15) is 11.3 Å². The number of carbonyl (C=O) groups excluding carboxylic acids is 1. The smallest absolute Gasteiger partial charge is 0.412 e. The number of hydrogen-bond acceptors (Lipinski definition) is 9. The van der Waals surface area contributed by atoms with E-state index >= 15 is 0 Å². The third-order valence-corrected chi connectivity index (χ3v) is 6.37. The quantitative estimate of drug-likeness (QED) is 0.569. The van der Waals surface area contributed by atoms with Crippen molar-refractivity contribution in [3.8, 4) is 11.3 Å². The fraction of sp³-hybridized carbons (Fsp3) is 0.348. The van der Waals surface area contributed by atoms with Crippen LogP contribution in [0.25, 0.3) is 11.3 Å². The average molecular weight is 468 g/mol. The molecule has 0 radical (unpaired) electrons. The molecule has 33 heavy (non-hydrogen) atoms. The predicted octanol–water partition coefficient (Wildman–Crippen LogP) is 3.47. The summed E-state index contributed by atoms with van der Waals surface area (Å²) in [6.07, 6.45) is 0.156. The van der Waals surface area contributed by atoms with Crippen LogP contribution in [0.2, 0.25) is 0 Å². The lowest BCUT2D eigenvalue weighted by Gasteiger charge is -2.18. The Morgan fingerprint density at radius 2 is 1.94 bits per heavy atom. The molecule has 0 aliphatic carbocycles. The standard InChI is InChI=1S/C23H25N5O4S/c1-28(2)16-5-3-14(4-6-16)17-7-9-24-22(26-17)27-18-11-30-21-19(12-31-20(18)21)32-23(29)25-15-8-10-33-13-15/h3-10,13,18-21H,11-12H2,1-2H3,(H,25,29)(H,24,26,27)/t18-,19-,20-,21+/m1/s1. The molecule has 0 spiro atoms. The van der Waals surface area contributed by atoms with Crippen LogP contribution in [-0.4, -0.2) is 67.7 Å². The Kier molecular flexibility index (Phi) is 6.12. The van der Waals surface area contributed by atoms with Gasteiger partial charge in [-0.3, -0.25) is 5.32 Å². The molecule has 10 heteroatoms. The molecule has 172 valence electrons. The molecule has 2 saturated heterocycles. The molecule has 0 unspecified atom stereocenters. The molecule has 3 aromatic rings. The number of anilines is 3. The summed E-state index contributed by atoms with van der Waals surface area (Å²) < 4.78 is 17.4. The highest BCUT2D eigenvalue weighted by molar-refractivity contribution is 7.08. The van der Waals surface area contributed by atoms with Crippen molar-refractivity contribution in [3.63, 3.8) is 0 Å². The van der Waals surface area contributed by atoms with E-state index in [2.05, 4.69) is 37.6 Å². The maximum absolute atomic E-state index is 12.2. The highest BCUT2D eigenvalue weighted by Gasteiger charge is 2.49. The van der Waals surface area contributed by atoms with E-state index in [1.807, 2.05) is 49.1 Å². The first kappa shape index (κ1) is 21.6. The van der Waals surface area contributed by atoms with Crippen molar-refractivity contribution in [1.82, 2.24) is 9.97 Å². The number of rotatable bonds is 6. The predicted molar refractivity (Wildman–Crippen MR) is 127 cm³/mol. The van der Waals surface area contributed by atoms with Gasteiger partial charge in [-0.05, 0) is 29.6 Å². The van der Waals surface area contributed by atoms with Gasteiger partial charge < -0.3 is 24.4 Å². The second kappa shape index (κ2) is 9.34. The number of ether oxygens (including phenoxy) is 3. The fourth-order valence-corrected chi connectivity index (χ4v) is 4.58. The molecular weight excluding hydrogens is 442 g/mol. The molecule has 2 N–H and O–H groups in total. The van der Waals surface area contributed by atoms with Crippen LogP contribution < -0.4 is 15.5 Å². The third kappa shape index (κ3) is 4.77. The summed E-state index contributed by atoms with van der Waals surface area (Å²) in [6.45, 7) is 0.691. The van der Waals surface area contributed by atoms with Gasteiger partial charge in [0.2, 0.25) is 5.95 Å². The molecule has 0 saturated carbocycles. The van der Waals surface area contributed by atoms with E-state index in [9.17, 15) is 4.79 Å². The molecule has 2 aliphatic rings. The Labute approximate surface area is 195 Å². The zero-order valence-electron chi connectivity index (χ0n) is 18.3. The summed E-state index contributed by atoms with van der Waals surface area (Å²) in [4.78, 5) is 23.3. The van der Waals surface area contributed by atoms with E-state index < -0.39 is 12.2 Å². The Hall–Kier alpha value is -3.21. The molecular formula is C23H25N5O4S. The number of fused-ring (bicyclic) bond motifs is 1. The topological polar surface area (TPSA) is 97.8 Å². The summed E-state index contributed by atoms with van der Waals surface area (Å²) >= 11 is 1.50. The maximum atomic E-state index is 12.2. The molecule has 0 bridgehead atoms. The van der Waals surface area contributed by atoms with E-state index in [0.29, 0.717) is 18.2 Å². The first-order valence-corrected chi connectivity index (χ1v) is 11.6. The lowest BCUT2D eigenvalue weighted by Crippen LogP contribution is -2.38. The number of carbonyl (C=O) groups is 1. The minimum Gasteiger partial charge on any atom is -0.441 e. The normalized spacial score (nSPS) is 23.7. The van der Waals surface area contributed by atoms with Crippen LogP contribution in [0.1, 0.15) is 0 Å². The second-order valence-electron chi connectivity index (χ2n) is 8.13.